The highest BCUT2D eigenvalue weighted by atomic mass is 16.6. The van der Waals surface area contributed by atoms with Crippen LogP contribution in [-0.2, 0) is 14.3 Å². The molecule has 0 aliphatic heterocycles. The average molecular weight is 357 g/mol. The molecule has 1 atom stereocenters. The van der Waals surface area contributed by atoms with Crippen LogP contribution in [0.15, 0.2) is 12.2 Å². The lowest BCUT2D eigenvalue weighted by molar-refractivity contribution is -0.148. The van der Waals surface area contributed by atoms with Crippen LogP contribution >= 0.6 is 0 Å². The topological polar surface area (TPSA) is 55.8 Å². The van der Waals surface area contributed by atoms with Crippen LogP contribution in [0, 0.1) is 0 Å². The summed E-state index contributed by atoms with van der Waals surface area (Å²) in [7, 11) is 0. The van der Waals surface area contributed by atoms with E-state index in [0.717, 1.165) is 19.3 Å². The first-order valence-corrected chi connectivity index (χ1v) is 10.3. The van der Waals surface area contributed by atoms with E-state index in [9.17, 15) is 9.90 Å². The third kappa shape index (κ3) is 17.7. The summed E-state index contributed by atoms with van der Waals surface area (Å²) in [5.41, 5.74) is 0. The van der Waals surface area contributed by atoms with Gasteiger partial charge in [-0.05, 0) is 19.3 Å². The number of hydrogen-bond donors (Lipinski definition) is 1. The van der Waals surface area contributed by atoms with Gasteiger partial charge in [-0.1, -0.05) is 77.7 Å². The molecule has 25 heavy (non-hydrogen) atoms. The van der Waals surface area contributed by atoms with E-state index >= 15 is 0 Å². The maximum Gasteiger partial charge on any atom is 0.330 e. The number of hydrogen-bond acceptors (Lipinski definition) is 4. The number of carbonyl (C=O) groups is 1. The summed E-state index contributed by atoms with van der Waals surface area (Å²) in [4.78, 5) is 11.7. The standard InChI is InChI=1S/C21H40O4/c1-3-5-7-9-11-12-14-16-21(23)25-20(18-22)19-24-17-15-13-10-8-6-4-2/h14,16,20,22H,3-13,15,17-19H2,1-2H3. The number of unbranched alkanes of at least 4 members (excludes halogenated alkanes) is 10. The molecule has 0 spiro atoms. The van der Waals surface area contributed by atoms with Crippen molar-refractivity contribution < 1.29 is 19.4 Å². The fourth-order valence-electron chi connectivity index (χ4n) is 2.57. The molecule has 1 N–H and O–H groups in total. The summed E-state index contributed by atoms with van der Waals surface area (Å²) in [6.45, 7) is 5.13. The lowest BCUT2D eigenvalue weighted by Gasteiger charge is -2.14. The van der Waals surface area contributed by atoms with Gasteiger partial charge in [0.15, 0.2) is 0 Å². The lowest BCUT2D eigenvalue weighted by Crippen LogP contribution is -2.26. The van der Waals surface area contributed by atoms with Gasteiger partial charge in [-0.2, -0.15) is 0 Å². The number of aliphatic hydroxyl groups is 1. The molecule has 4 heteroatoms. The number of allylic oxidation sites excluding steroid dienone is 1. The normalized spacial score (nSPS) is 12.6. The first-order chi connectivity index (χ1) is 12.2. The fourth-order valence-corrected chi connectivity index (χ4v) is 2.57. The Morgan fingerprint density at radius 1 is 0.920 bits per heavy atom. The van der Waals surface area contributed by atoms with Crippen LogP contribution in [0.1, 0.15) is 90.9 Å². The molecule has 1 unspecified atom stereocenters. The highest BCUT2D eigenvalue weighted by Crippen LogP contribution is 2.06. The molecule has 0 aromatic rings. The van der Waals surface area contributed by atoms with Crippen LogP contribution in [-0.4, -0.2) is 37.0 Å². The Morgan fingerprint density at radius 3 is 2.16 bits per heavy atom. The monoisotopic (exact) mass is 356 g/mol. The van der Waals surface area contributed by atoms with Crippen molar-refractivity contribution >= 4 is 5.97 Å². The van der Waals surface area contributed by atoms with Crippen LogP contribution in [0.4, 0.5) is 0 Å². The molecule has 148 valence electrons. The maximum atomic E-state index is 11.7. The maximum absolute atomic E-state index is 11.7. The molecule has 0 bridgehead atoms. The minimum absolute atomic E-state index is 0.201. The van der Waals surface area contributed by atoms with E-state index in [1.54, 1.807) is 0 Å². The first-order valence-electron chi connectivity index (χ1n) is 10.3. The Kier molecular flexibility index (Phi) is 18.8. The quantitative estimate of drug-likeness (QED) is 0.209. The lowest BCUT2D eigenvalue weighted by atomic mass is 10.1. The molecule has 0 heterocycles. The summed E-state index contributed by atoms with van der Waals surface area (Å²) < 4.78 is 10.7. The van der Waals surface area contributed by atoms with Gasteiger partial charge in [0.2, 0.25) is 0 Å². The largest absolute Gasteiger partial charge is 0.454 e. The molecule has 0 radical (unpaired) electrons. The van der Waals surface area contributed by atoms with Crippen molar-refractivity contribution in [2.24, 2.45) is 0 Å². The van der Waals surface area contributed by atoms with E-state index in [4.69, 9.17) is 9.47 Å². The Bertz CT molecular complexity index is 315. The number of esters is 1. The van der Waals surface area contributed by atoms with Crippen molar-refractivity contribution in [2.75, 3.05) is 19.8 Å². The van der Waals surface area contributed by atoms with Crippen molar-refractivity contribution in [3.63, 3.8) is 0 Å². The predicted molar refractivity (Wildman–Crippen MR) is 104 cm³/mol. The summed E-state index contributed by atoms with van der Waals surface area (Å²) >= 11 is 0. The average Bonchev–Trinajstić information content (AvgIpc) is 2.62. The molecule has 0 aliphatic rings. The summed E-state index contributed by atoms with van der Waals surface area (Å²) in [6, 6.07) is 0. The molecule has 0 rings (SSSR count). The van der Waals surface area contributed by atoms with E-state index in [-0.39, 0.29) is 13.2 Å². The van der Waals surface area contributed by atoms with Crippen molar-refractivity contribution in [3.8, 4) is 0 Å². The van der Waals surface area contributed by atoms with Crippen LogP contribution in [0.5, 0.6) is 0 Å². The van der Waals surface area contributed by atoms with Gasteiger partial charge in [0.1, 0.15) is 6.10 Å². The van der Waals surface area contributed by atoms with Gasteiger partial charge in [-0.25, -0.2) is 4.79 Å². The molecule has 4 nitrogen and oxygen atoms in total. The van der Waals surface area contributed by atoms with Crippen molar-refractivity contribution in [2.45, 2.75) is 97.0 Å². The van der Waals surface area contributed by atoms with E-state index in [1.165, 1.54) is 63.9 Å². The third-order valence-corrected chi connectivity index (χ3v) is 4.16. The first kappa shape index (κ1) is 24.1. The number of carbonyl (C=O) groups excluding carboxylic acids is 1. The van der Waals surface area contributed by atoms with Gasteiger partial charge in [-0.15, -0.1) is 0 Å². The molecule has 0 aromatic carbocycles. The fraction of sp³-hybridized carbons (Fsp3) is 0.857. The summed E-state index contributed by atoms with van der Waals surface area (Å²) in [5.74, 6) is -0.393. The van der Waals surface area contributed by atoms with E-state index in [2.05, 4.69) is 13.8 Å². The van der Waals surface area contributed by atoms with Crippen molar-refractivity contribution in [1.29, 1.82) is 0 Å². The van der Waals surface area contributed by atoms with Gasteiger partial charge in [-0.3, -0.25) is 0 Å². The molecular formula is C21H40O4. The molecular weight excluding hydrogens is 316 g/mol. The number of ether oxygens (including phenoxy) is 2. The van der Waals surface area contributed by atoms with Crippen LogP contribution < -0.4 is 0 Å². The number of aliphatic hydroxyl groups excluding tert-OH is 1. The van der Waals surface area contributed by atoms with Gasteiger partial charge in [0, 0.05) is 12.7 Å². The number of rotatable bonds is 18. The smallest absolute Gasteiger partial charge is 0.330 e. The second-order valence-corrected chi connectivity index (χ2v) is 6.69. The van der Waals surface area contributed by atoms with E-state index < -0.39 is 12.1 Å². The van der Waals surface area contributed by atoms with Crippen molar-refractivity contribution in [3.05, 3.63) is 12.2 Å². The van der Waals surface area contributed by atoms with E-state index in [0.29, 0.717) is 6.61 Å². The van der Waals surface area contributed by atoms with Crippen LogP contribution in [0.3, 0.4) is 0 Å². The van der Waals surface area contributed by atoms with Gasteiger partial charge >= 0.3 is 5.97 Å². The predicted octanol–water partition coefficient (Wildman–Crippen LogP) is 5.18. The zero-order valence-electron chi connectivity index (χ0n) is 16.5. The molecule has 0 aromatic heterocycles. The Labute approximate surface area is 155 Å². The van der Waals surface area contributed by atoms with Gasteiger partial charge < -0.3 is 14.6 Å². The van der Waals surface area contributed by atoms with Crippen LogP contribution in [0.2, 0.25) is 0 Å². The minimum atomic E-state index is -0.568. The molecule has 0 saturated heterocycles. The van der Waals surface area contributed by atoms with Gasteiger partial charge in [0.05, 0.1) is 13.2 Å². The Hall–Kier alpha value is -0.870. The van der Waals surface area contributed by atoms with E-state index in [1.807, 2.05) is 6.08 Å². The van der Waals surface area contributed by atoms with Gasteiger partial charge in [0.25, 0.3) is 0 Å². The van der Waals surface area contributed by atoms with Crippen molar-refractivity contribution in [1.82, 2.24) is 0 Å². The minimum Gasteiger partial charge on any atom is -0.454 e. The Morgan fingerprint density at radius 2 is 1.52 bits per heavy atom. The second kappa shape index (κ2) is 19.5. The second-order valence-electron chi connectivity index (χ2n) is 6.69. The molecule has 0 saturated carbocycles. The summed E-state index contributed by atoms with van der Waals surface area (Å²) in [6.07, 6.45) is 17.0. The molecule has 0 amide bonds. The highest BCUT2D eigenvalue weighted by molar-refractivity contribution is 5.82. The highest BCUT2D eigenvalue weighted by Gasteiger charge is 2.11. The third-order valence-electron chi connectivity index (χ3n) is 4.16. The zero-order chi connectivity index (χ0) is 18.6. The van der Waals surface area contributed by atoms with Crippen LogP contribution in [0.25, 0.3) is 0 Å². The summed E-state index contributed by atoms with van der Waals surface area (Å²) in [5, 5.41) is 9.29. The zero-order valence-corrected chi connectivity index (χ0v) is 16.5. The molecule has 0 aliphatic carbocycles. The SMILES string of the molecule is CCCCCCCC=CC(=O)OC(CO)COCCCCCCCC. The Balaban J connectivity index is 3.62. The molecule has 0 fully saturated rings.